The van der Waals surface area contributed by atoms with Gasteiger partial charge in [-0.25, -0.2) is 4.39 Å². The Labute approximate surface area is 126 Å². The molecule has 1 aromatic rings. The van der Waals surface area contributed by atoms with E-state index < -0.39 is 0 Å². The van der Waals surface area contributed by atoms with E-state index in [2.05, 4.69) is 19.2 Å². The smallest absolute Gasteiger partial charge is 0.234 e. The van der Waals surface area contributed by atoms with Gasteiger partial charge in [-0.1, -0.05) is 13.8 Å². The summed E-state index contributed by atoms with van der Waals surface area (Å²) in [6.45, 7) is 7.57. The van der Waals surface area contributed by atoms with Crippen LogP contribution < -0.4 is 10.1 Å². The van der Waals surface area contributed by atoms with Gasteiger partial charge in [0, 0.05) is 12.6 Å². The number of carbonyl (C=O) groups excluding carboxylic acids is 1. The van der Waals surface area contributed by atoms with Crippen molar-refractivity contribution in [2.75, 3.05) is 26.7 Å². The van der Waals surface area contributed by atoms with Gasteiger partial charge in [0.25, 0.3) is 0 Å². The molecule has 0 saturated carbocycles. The number of benzene rings is 1. The number of nitrogens with one attached hydrogen (secondary N) is 1. The summed E-state index contributed by atoms with van der Waals surface area (Å²) in [5.41, 5.74) is 0. The van der Waals surface area contributed by atoms with Crippen LogP contribution in [0.15, 0.2) is 24.3 Å². The van der Waals surface area contributed by atoms with Crippen molar-refractivity contribution < 1.29 is 13.9 Å². The van der Waals surface area contributed by atoms with Crippen LogP contribution in [0.2, 0.25) is 0 Å². The molecule has 0 aliphatic rings. The number of carbonyl (C=O) groups is 1. The molecule has 4 nitrogen and oxygen atoms in total. The van der Waals surface area contributed by atoms with E-state index in [4.69, 9.17) is 4.74 Å². The van der Waals surface area contributed by atoms with Gasteiger partial charge in [-0.2, -0.15) is 0 Å². The highest BCUT2D eigenvalue weighted by Crippen LogP contribution is 2.10. The molecule has 1 aromatic carbocycles. The Morgan fingerprint density at radius 2 is 1.90 bits per heavy atom. The van der Waals surface area contributed by atoms with Crippen molar-refractivity contribution in [2.24, 2.45) is 5.92 Å². The summed E-state index contributed by atoms with van der Waals surface area (Å²) in [6, 6.07) is 6.07. The number of amides is 1. The Kier molecular flexibility index (Phi) is 7.15. The monoisotopic (exact) mass is 296 g/mol. The van der Waals surface area contributed by atoms with Crippen molar-refractivity contribution in [1.82, 2.24) is 10.2 Å². The highest BCUT2D eigenvalue weighted by atomic mass is 19.1. The summed E-state index contributed by atoms with van der Waals surface area (Å²) in [4.78, 5) is 13.7. The number of ether oxygens (including phenoxy) is 1. The molecule has 0 radical (unpaired) electrons. The minimum Gasteiger partial charge on any atom is -0.492 e. The molecule has 1 unspecified atom stereocenters. The maximum Gasteiger partial charge on any atom is 0.234 e. The average molecular weight is 296 g/mol. The molecule has 0 aliphatic heterocycles. The molecular weight excluding hydrogens is 271 g/mol. The Morgan fingerprint density at radius 3 is 2.48 bits per heavy atom. The van der Waals surface area contributed by atoms with Crippen molar-refractivity contribution in [3.63, 3.8) is 0 Å². The summed E-state index contributed by atoms with van der Waals surface area (Å²) >= 11 is 0. The summed E-state index contributed by atoms with van der Waals surface area (Å²) in [5.74, 6) is 0.777. The number of hydrogen-bond donors (Lipinski definition) is 1. The molecule has 0 aromatic heterocycles. The van der Waals surface area contributed by atoms with Gasteiger partial charge in [-0.05, 0) is 44.2 Å². The maximum atomic E-state index is 12.7. The van der Waals surface area contributed by atoms with Crippen molar-refractivity contribution in [1.29, 1.82) is 0 Å². The van der Waals surface area contributed by atoms with Gasteiger partial charge < -0.3 is 10.1 Å². The van der Waals surface area contributed by atoms with E-state index in [1.165, 1.54) is 12.1 Å². The second-order valence-electron chi connectivity index (χ2n) is 5.64. The van der Waals surface area contributed by atoms with E-state index in [1.807, 2.05) is 18.9 Å². The number of rotatable bonds is 8. The van der Waals surface area contributed by atoms with Crippen molar-refractivity contribution in [3.05, 3.63) is 30.1 Å². The Bertz CT molecular complexity index is 434. The zero-order chi connectivity index (χ0) is 15.8. The largest absolute Gasteiger partial charge is 0.492 e. The maximum absolute atomic E-state index is 12.7. The first-order chi connectivity index (χ1) is 9.88. The fraction of sp³-hybridized carbons (Fsp3) is 0.562. The lowest BCUT2D eigenvalue weighted by molar-refractivity contribution is -0.122. The summed E-state index contributed by atoms with van der Waals surface area (Å²) < 4.78 is 18.2. The van der Waals surface area contributed by atoms with Crippen molar-refractivity contribution in [3.8, 4) is 5.75 Å². The minimum atomic E-state index is -0.282. The summed E-state index contributed by atoms with van der Waals surface area (Å²) in [5, 5.41) is 2.96. The predicted octanol–water partition coefficient (Wildman–Crippen LogP) is 2.30. The zero-order valence-corrected chi connectivity index (χ0v) is 13.2. The molecule has 0 spiro atoms. The van der Waals surface area contributed by atoms with Gasteiger partial charge >= 0.3 is 0 Å². The van der Waals surface area contributed by atoms with Gasteiger partial charge in [-0.15, -0.1) is 0 Å². The van der Waals surface area contributed by atoms with Crippen LogP contribution in [-0.2, 0) is 4.79 Å². The van der Waals surface area contributed by atoms with Gasteiger partial charge in [0.05, 0.1) is 6.54 Å². The van der Waals surface area contributed by atoms with Crippen LogP contribution in [0.4, 0.5) is 4.39 Å². The number of nitrogens with zero attached hydrogens (tertiary/aromatic N) is 1. The molecule has 21 heavy (non-hydrogen) atoms. The highest BCUT2D eigenvalue weighted by Gasteiger charge is 2.12. The molecule has 1 N–H and O–H groups in total. The SMILES string of the molecule is CC(C)C(C)NC(=O)CN(C)CCOc1ccc(F)cc1. The molecular formula is C16H25FN2O2. The van der Waals surface area contributed by atoms with E-state index >= 15 is 0 Å². The highest BCUT2D eigenvalue weighted by molar-refractivity contribution is 5.78. The van der Waals surface area contributed by atoms with Crippen LogP contribution in [0.25, 0.3) is 0 Å². The van der Waals surface area contributed by atoms with Crippen LogP contribution in [0.3, 0.4) is 0 Å². The molecule has 0 fully saturated rings. The lowest BCUT2D eigenvalue weighted by atomic mass is 10.1. The lowest BCUT2D eigenvalue weighted by Crippen LogP contribution is -2.42. The van der Waals surface area contributed by atoms with E-state index in [0.717, 1.165) is 0 Å². The molecule has 1 atom stereocenters. The Hall–Kier alpha value is -1.62. The third-order valence-corrected chi connectivity index (χ3v) is 3.36. The first-order valence-electron chi connectivity index (χ1n) is 7.24. The quantitative estimate of drug-likeness (QED) is 0.800. The van der Waals surface area contributed by atoms with Crippen LogP contribution in [0.1, 0.15) is 20.8 Å². The van der Waals surface area contributed by atoms with Gasteiger partial charge in [-0.3, -0.25) is 9.69 Å². The minimum absolute atomic E-state index is 0.0143. The fourth-order valence-electron chi connectivity index (χ4n) is 1.64. The predicted molar refractivity (Wildman–Crippen MR) is 81.8 cm³/mol. The van der Waals surface area contributed by atoms with Crippen molar-refractivity contribution in [2.45, 2.75) is 26.8 Å². The molecule has 0 aliphatic carbocycles. The van der Waals surface area contributed by atoms with Gasteiger partial charge in [0.1, 0.15) is 18.2 Å². The molecule has 0 bridgehead atoms. The number of likely N-dealkylation sites (N-methyl/N-ethyl adjacent to an activating group) is 1. The fourth-order valence-corrected chi connectivity index (χ4v) is 1.64. The third kappa shape index (κ3) is 7.09. The summed E-state index contributed by atoms with van der Waals surface area (Å²) in [7, 11) is 1.87. The molecule has 0 saturated heterocycles. The molecule has 118 valence electrons. The zero-order valence-electron chi connectivity index (χ0n) is 13.2. The standard InChI is InChI=1S/C16H25FN2O2/c1-12(2)13(3)18-16(20)11-19(4)9-10-21-15-7-5-14(17)6-8-15/h5-8,12-13H,9-11H2,1-4H3,(H,18,20). The van der Waals surface area contributed by atoms with E-state index in [1.54, 1.807) is 12.1 Å². The van der Waals surface area contributed by atoms with E-state index in [9.17, 15) is 9.18 Å². The van der Waals surface area contributed by atoms with Crippen molar-refractivity contribution >= 4 is 5.91 Å². The normalized spacial score (nSPS) is 12.5. The second-order valence-corrected chi connectivity index (χ2v) is 5.64. The van der Waals surface area contributed by atoms with Crippen LogP contribution in [0.5, 0.6) is 5.75 Å². The third-order valence-electron chi connectivity index (χ3n) is 3.36. The average Bonchev–Trinajstić information content (AvgIpc) is 2.40. The molecule has 0 heterocycles. The molecule has 5 heteroatoms. The van der Waals surface area contributed by atoms with Crippen LogP contribution in [-0.4, -0.2) is 43.6 Å². The molecule has 1 rings (SSSR count). The van der Waals surface area contributed by atoms with Crippen LogP contribution >= 0.6 is 0 Å². The lowest BCUT2D eigenvalue weighted by Gasteiger charge is -2.21. The number of hydrogen-bond acceptors (Lipinski definition) is 3. The molecule has 1 amide bonds. The van der Waals surface area contributed by atoms with E-state index in [-0.39, 0.29) is 17.8 Å². The summed E-state index contributed by atoms with van der Waals surface area (Å²) in [6.07, 6.45) is 0. The topological polar surface area (TPSA) is 41.6 Å². The second kappa shape index (κ2) is 8.62. The Morgan fingerprint density at radius 1 is 1.29 bits per heavy atom. The first-order valence-corrected chi connectivity index (χ1v) is 7.24. The Balaban J connectivity index is 2.23. The number of halogens is 1. The van der Waals surface area contributed by atoms with E-state index in [0.29, 0.717) is 31.4 Å². The van der Waals surface area contributed by atoms with Crippen LogP contribution in [0, 0.1) is 11.7 Å². The van der Waals surface area contributed by atoms with Gasteiger partial charge in [0.2, 0.25) is 5.91 Å². The van der Waals surface area contributed by atoms with Gasteiger partial charge in [0.15, 0.2) is 0 Å². The first kappa shape index (κ1) is 17.4.